The van der Waals surface area contributed by atoms with Gasteiger partial charge < -0.3 is 29.0 Å². The normalized spacial score (nSPS) is 17.8. The molecule has 8 heteroatoms. The van der Waals surface area contributed by atoms with Crippen molar-refractivity contribution >= 4 is 17.4 Å². The first kappa shape index (κ1) is 27.1. The predicted octanol–water partition coefficient (Wildman–Crippen LogP) is 5.51. The Balaban J connectivity index is 1.59. The fourth-order valence-corrected chi connectivity index (χ4v) is 4.89. The summed E-state index contributed by atoms with van der Waals surface area (Å²) in [6.07, 6.45) is 0.887. The topological polar surface area (TPSA) is 94.5 Å². The molecule has 0 aliphatic carbocycles. The molecule has 0 aromatic heterocycles. The lowest BCUT2D eigenvalue weighted by Gasteiger charge is -2.26. The maximum atomic E-state index is 13.5. The van der Waals surface area contributed by atoms with Crippen molar-refractivity contribution in [3.05, 3.63) is 89.0 Å². The highest BCUT2D eigenvalue weighted by Gasteiger charge is 2.46. The van der Waals surface area contributed by atoms with Gasteiger partial charge in [-0.25, -0.2) is 0 Å². The zero-order chi connectivity index (χ0) is 28.2. The number of fused-ring (bicyclic) bond motifs is 1. The first-order valence-electron chi connectivity index (χ1n) is 13.4. The van der Waals surface area contributed by atoms with E-state index in [0.29, 0.717) is 59.9 Å². The molecule has 1 N–H and O–H groups in total. The highest BCUT2D eigenvalue weighted by molar-refractivity contribution is 6.46. The number of carbonyl (C=O) groups excluding carboxylic acids is 2. The molecule has 1 saturated heterocycles. The molecule has 0 unspecified atom stereocenters. The average molecular weight is 544 g/mol. The smallest absolute Gasteiger partial charge is 0.295 e. The summed E-state index contributed by atoms with van der Waals surface area (Å²) in [7, 11) is 1.55. The summed E-state index contributed by atoms with van der Waals surface area (Å²) >= 11 is 0. The van der Waals surface area contributed by atoms with Gasteiger partial charge in [0.1, 0.15) is 19.0 Å². The van der Waals surface area contributed by atoms with Crippen molar-refractivity contribution in [3.8, 4) is 23.0 Å². The third kappa shape index (κ3) is 5.47. The van der Waals surface area contributed by atoms with Crippen LogP contribution in [0, 0.1) is 5.92 Å². The molecule has 3 aromatic carbocycles. The Bertz CT molecular complexity index is 1430. The number of carbonyl (C=O) groups is 2. The van der Waals surface area contributed by atoms with Gasteiger partial charge in [0.15, 0.2) is 23.0 Å². The Morgan fingerprint density at radius 3 is 2.45 bits per heavy atom. The standard InChI is InChI=1S/C32H33NO7/c1-20(2)13-14-38-24-11-9-22(17-26(24)37-3)29-28(30(34)23-10-12-25-27(18-23)40-16-15-39-25)31(35)32(36)33(29)19-21-7-5-4-6-8-21/h4-12,17-18,20,29,34H,13-16,19H2,1-3H3/b30-28+/t29-/m0/s1. The summed E-state index contributed by atoms with van der Waals surface area (Å²) in [5, 5.41) is 11.5. The van der Waals surface area contributed by atoms with Gasteiger partial charge in [-0.05, 0) is 53.8 Å². The highest BCUT2D eigenvalue weighted by Crippen LogP contribution is 2.43. The average Bonchev–Trinajstić information content (AvgIpc) is 3.22. The molecule has 0 spiro atoms. The summed E-state index contributed by atoms with van der Waals surface area (Å²) < 4.78 is 22.9. The molecule has 2 aliphatic heterocycles. The van der Waals surface area contributed by atoms with E-state index in [1.54, 1.807) is 43.5 Å². The van der Waals surface area contributed by atoms with Crippen molar-refractivity contribution in [2.24, 2.45) is 5.92 Å². The van der Waals surface area contributed by atoms with Crippen LogP contribution in [-0.2, 0) is 16.1 Å². The minimum Gasteiger partial charge on any atom is -0.507 e. The number of likely N-dealkylation sites (tertiary alicyclic amines) is 1. The Labute approximate surface area is 233 Å². The number of aliphatic hydroxyl groups excluding tert-OH is 1. The number of ether oxygens (including phenoxy) is 4. The molecule has 1 fully saturated rings. The predicted molar refractivity (Wildman–Crippen MR) is 150 cm³/mol. The number of aliphatic hydroxyl groups is 1. The van der Waals surface area contributed by atoms with E-state index in [1.165, 1.54) is 4.90 Å². The van der Waals surface area contributed by atoms with Crippen LogP contribution in [0.25, 0.3) is 5.76 Å². The molecule has 5 rings (SSSR count). The number of hydrogen-bond donors (Lipinski definition) is 1. The van der Waals surface area contributed by atoms with Crippen molar-refractivity contribution in [2.75, 3.05) is 26.9 Å². The molecule has 208 valence electrons. The third-order valence-corrected chi connectivity index (χ3v) is 7.01. The van der Waals surface area contributed by atoms with Crippen LogP contribution in [0.1, 0.15) is 43.0 Å². The van der Waals surface area contributed by atoms with E-state index in [9.17, 15) is 14.7 Å². The van der Waals surface area contributed by atoms with Gasteiger partial charge in [0.25, 0.3) is 11.7 Å². The fraction of sp³-hybridized carbons (Fsp3) is 0.312. The largest absolute Gasteiger partial charge is 0.507 e. The minimum absolute atomic E-state index is 0.00635. The van der Waals surface area contributed by atoms with Crippen LogP contribution in [0.4, 0.5) is 0 Å². The number of amides is 1. The molecule has 0 radical (unpaired) electrons. The molecule has 3 aromatic rings. The zero-order valence-corrected chi connectivity index (χ0v) is 22.9. The summed E-state index contributed by atoms with van der Waals surface area (Å²) in [4.78, 5) is 28.4. The second-order valence-electron chi connectivity index (χ2n) is 10.2. The van der Waals surface area contributed by atoms with Gasteiger partial charge in [0.05, 0.1) is 25.3 Å². The quantitative estimate of drug-likeness (QED) is 0.216. The van der Waals surface area contributed by atoms with Crippen molar-refractivity contribution < 1.29 is 33.6 Å². The second kappa shape index (κ2) is 11.7. The van der Waals surface area contributed by atoms with Crippen LogP contribution < -0.4 is 18.9 Å². The number of methoxy groups -OCH3 is 1. The summed E-state index contributed by atoms with van der Waals surface area (Å²) in [5.74, 6) is 0.825. The van der Waals surface area contributed by atoms with Gasteiger partial charge in [0.2, 0.25) is 0 Å². The molecule has 8 nitrogen and oxygen atoms in total. The number of Topliss-reactive ketones (excluding diaryl/α,β-unsaturated/α-hetero) is 1. The number of hydrogen-bond acceptors (Lipinski definition) is 7. The van der Waals surface area contributed by atoms with Gasteiger partial charge in [-0.3, -0.25) is 9.59 Å². The monoisotopic (exact) mass is 543 g/mol. The fourth-order valence-electron chi connectivity index (χ4n) is 4.89. The molecule has 2 aliphatic rings. The lowest BCUT2D eigenvalue weighted by atomic mass is 9.94. The number of ketones is 1. The zero-order valence-electron chi connectivity index (χ0n) is 22.9. The van der Waals surface area contributed by atoms with Gasteiger partial charge in [-0.2, -0.15) is 0 Å². The maximum absolute atomic E-state index is 13.5. The van der Waals surface area contributed by atoms with E-state index in [0.717, 1.165) is 12.0 Å². The SMILES string of the molecule is COc1cc([C@H]2/C(=C(\O)c3ccc4c(c3)OCCO4)C(=O)C(=O)N2Cc2ccccc2)ccc1OCCC(C)C. The lowest BCUT2D eigenvalue weighted by Crippen LogP contribution is -2.29. The van der Waals surface area contributed by atoms with E-state index in [1.807, 2.05) is 30.3 Å². The summed E-state index contributed by atoms with van der Waals surface area (Å²) in [6, 6.07) is 18.9. The van der Waals surface area contributed by atoms with Crippen LogP contribution in [-0.4, -0.2) is 48.6 Å². The first-order valence-corrected chi connectivity index (χ1v) is 13.4. The molecule has 2 heterocycles. The van der Waals surface area contributed by atoms with Crippen LogP contribution in [0.3, 0.4) is 0 Å². The van der Waals surface area contributed by atoms with Crippen molar-refractivity contribution in [1.29, 1.82) is 0 Å². The lowest BCUT2D eigenvalue weighted by molar-refractivity contribution is -0.140. The van der Waals surface area contributed by atoms with E-state index in [-0.39, 0.29) is 17.9 Å². The van der Waals surface area contributed by atoms with Gasteiger partial charge in [-0.1, -0.05) is 50.2 Å². The van der Waals surface area contributed by atoms with Gasteiger partial charge >= 0.3 is 0 Å². The summed E-state index contributed by atoms with van der Waals surface area (Å²) in [5.41, 5.74) is 1.82. The number of benzene rings is 3. The summed E-state index contributed by atoms with van der Waals surface area (Å²) in [6.45, 7) is 5.78. The molecular formula is C32H33NO7. The van der Waals surface area contributed by atoms with E-state index < -0.39 is 17.7 Å². The second-order valence-corrected chi connectivity index (χ2v) is 10.2. The van der Waals surface area contributed by atoms with Crippen molar-refractivity contribution in [2.45, 2.75) is 32.9 Å². The van der Waals surface area contributed by atoms with E-state index in [4.69, 9.17) is 18.9 Å². The van der Waals surface area contributed by atoms with E-state index >= 15 is 0 Å². The molecular weight excluding hydrogens is 510 g/mol. The molecule has 40 heavy (non-hydrogen) atoms. The first-order chi connectivity index (χ1) is 19.4. The Morgan fingerprint density at radius 1 is 0.975 bits per heavy atom. The highest BCUT2D eigenvalue weighted by atomic mass is 16.6. The molecule has 0 saturated carbocycles. The van der Waals surface area contributed by atoms with Crippen molar-refractivity contribution in [3.63, 3.8) is 0 Å². The molecule has 1 amide bonds. The van der Waals surface area contributed by atoms with Gasteiger partial charge in [-0.15, -0.1) is 0 Å². The Hall–Kier alpha value is -4.46. The Morgan fingerprint density at radius 2 is 1.73 bits per heavy atom. The number of rotatable bonds is 9. The van der Waals surface area contributed by atoms with Crippen molar-refractivity contribution in [1.82, 2.24) is 4.90 Å². The van der Waals surface area contributed by atoms with Gasteiger partial charge in [0, 0.05) is 12.1 Å². The maximum Gasteiger partial charge on any atom is 0.295 e. The Kier molecular flexibility index (Phi) is 7.96. The molecule has 1 atom stereocenters. The van der Waals surface area contributed by atoms with Crippen LogP contribution in [0.5, 0.6) is 23.0 Å². The number of nitrogens with zero attached hydrogens (tertiary/aromatic N) is 1. The minimum atomic E-state index is -0.855. The van der Waals surface area contributed by atoms with Crippen LogP contribution in [0.15, 0.2) is 72.3 Å². The molecule has 0 bridgehead atoms. The van der Waals surface area contributed by atoms with E-state index in [2.05, 4.69) is 13.8 Å². The van der Waals surface area contributed by atoms with Crippen LogP contribution >= 0.6 is 0 Å². The van der Waals surface area contributed by atoms with Crippen LogP contribution in [0.2, 0.25) is 0 Å². The third-order valence-electron chi connectivity index (χ3n) is 7.01.